The number of aromatic nitrogens is 1. The van der Waals surface area contributed by atoms with Crippen LogP contribution in [0.5, 0.6) is 0 Å². The summed E-state index contributed by atoms with van der Waals surface area (Å²) in [6, 6.07) is -1.17. The first-order chi connectivity index (χ1) is 9.85. The largest absolute Gasteiger partial charge is 0.477 e. The number of carboxylic acids is 1. The Morgan fingerprint density at radius 2 is 2.00 bits per heavy atom. The fourth-order valence-corrected chi connectivity index (χ4v) is 2.37. The number of amides is 3. The molecular formula is C12H18N4O4S. The summed E-state index contributed by atoms with van der Waals surface area (Å²) in [4.78, 5) is 38.2. The second-order valence-electron chi connectivity index (χ2n) is 4.27. The molecule has 1 aromatic rings. The van der Waals surface area contributed by atoms with Crippen LogP contribution in [0.3, 0.4) is 0 Å². The molecule has 116 valence electrons. The van der Waals surface area contributed by atoms with E-state index in [-0.39, 0.29) is 17.3 Å². The number of hydrogen-bond donors (Lipinski definition) is 4. The number of thiazole rings is 1. The quantitative estimate of drug-likeness (QED) is 0.608. The molecule has 0 aliphatic carbocycles. The van der Waals surface area contributed by atoms with Crippen molar-refractivity contribution in [1.82, 2.24) is 20.9 Å². The lowest BCUT2D eigenvalue weighted by atomic mass is 10.3. The average Bonchev–Trinajstić information content (AvgIpc) is 2.78. The van der Waals surface area contributed by atoms with Crippen molar-refractivity contribution in [3.05, 3.63) is 15.6 Å². The van der Waals surface area contributed by atoms with Gasteiger partial charge in [0, 0.05) is 6.54 Å². The third kappa shape index (κ3) is 5.03. The summed E-state index contributed by atoms with van der Waals surface area (Å²) in [6.45, 7) is 5.55. The number of hydrogen-bond acceptors (Lipinski definition) is 5. The highest BCUT2D eigenvalue weighted by Crippen LogP contribution is 2.17. The molecule has 21 heavy (non-hydrogen) atoms. The lowest BCUT2D eigenvalue weighted by Gasteiger charge is -2.13. The van der Waals surface area contributed by atoms with Gasteiger partial charge in [0.2, 0.25) is 5.91 Å². The van der Waals surface area contributed by atoms with E-state index in [9.17, 15) is 14.4 Å². The van der Waals surface area contributed by atoms with Crippen LogP contribution in [0.2, 0.25) is 0 Å². The van der Waals surface area contributed by atoms with Crippen LogP contribution in [0.4, 0.5) is 4.79 Å². The first-order valence-corrected chi connectivity index (χ1v) is 7.18. The predicted octanol–water partition coefficient (Wildman–Crippen LogP) is 0.474. The fraction of sp³-hybridized carbons (Fsp3) is 0.500. The van der Waals surface area contributed by atoms with Crippen molar-refractivity contribution in [2.75, 3.05) is 6.54 Å². The van der Waals surface area contributed by atoms with E-state index in [1.165, 1.54) is 0 Å². The number of nitrogens with one attached hydrogen (secondary N) is 3. The molecule has 0 radical (unpaired) electrons. The summed E-state index contributed by atoms with van der Waals surface area (Å²) < 4.78 is 0. The van der Waals surface area contributed by atoms with Gasteiger partial charge in [0.25, 0.3) is 0 Å². The van der Waals surface area contributed by atoms with E-state index in [0.717, 1.165) is 11.3 Å². The highest BCUT2D eigenvalue weighted by atomic mass is 32.1. The van der Waals surface area contributed by atoms with Crippen LogP contribution in [0.25, 0.3) is 0 Å². The van der Waals surface area contributed by atoms with Crippen molar-refractivity contribution in [3.63, 3.8) is 0 Å². The molecule has 0 bridgehead atoms. The van der Waals surface area contributed by atoms with Crippen LogP contribution in [0.1, 0.15) is 34.2 Å². The van der Waals surface area contributed by atoms with E-state index < -0.39 is 18.0 Å². The van der Waals surface area contributed by atoms with E-state index in [0.29, 0.717) is 17.2 Å². The van der Waals surface area contributed by atoms with E-state index >= 15 is 0 Å². The molecule has 4 N–H and O–H groups in total. The van der Waals surface area contributed by atoms with Gasteiger partial charge in [-0.05, 0) is 20.8 Å². The van der Waals surface area contributed by atoms with Gasteiger partial charge in [-0.3, -0.25) is 4.79 Å². The fourth-order valence-electron chi connectivity index (χ4n) is 1.52. The molecule has 0 spiro atoms. The number of aromatic carboxylic acids is 1. The van der Waals surface area contributed by atoms with Crippen LogP contribution in [-0.2, 0) is 11.3 Å². The summed E-state index contributed by atoms with van der Waals surface area (Å²) in [5, 5.41) is 17.0. The van der Waals surface area contributed by atoms with Crippen molar-refractivity contribution in [1.29, 1.82) is 0 Å². The molecule has 1 rings (SSSR count). The molecule has 9 heteroatoms. The normalized spacial score (nSPS) is 11.6. The van der Waals surface area contributed by atoms with Gasteiger partial charge in [-0.1, -0.05) is 0 Å². The highest BCUT2D eigenvalue weighted by Gasteiger charge is 2.16. The van der Waals surface area contributed by atoms with Gasteiger partial charge >= 0.3 is 12.0 Å². The number of likely N-dealkylation sites (N-methyl/N-ethyl adjacent to an activating group) is 1. The molecule has 1 unspecified atom stereocenters. The van der Waals surface area contributed by atoms with Crippen LogP contribution in [0, 0.1) is 6.92 Å². The molecule has 3 amide bonds. The molecule has 1 heterocycles. The third-order valence-corrected chi connectivity index (χ3v) is 3.67. The van der Waals surface area contributed by atoms with Crippen LogP contribution >= 0.6 is 11.3 Å². The highest BCUT2D eigenvalue weighted by molar-refractivity contribution is 7.13. The molecule has 1 atom stereocenters. The van der Waals surface area contributed by atoms with Gasteiger partial charge in [0.1, 0.15) is 15.9 Å². The minimum absolute atomic E-state index is 0.104. The van der Waals surface area contributed by atoms with Gasteiger partial charge < -0.3 is 21.1 Å². The Kier molecular flexibility index (Phi) is 6.10. The first-order valence-electron chi connectivity index (χ1n) is 6.36. The zero-order valence-electron chi connectivity index (χ0n) is 12.0. The summed E-state index contributed by atoms with van der Waals surface area (Å²) in [5.41, 5.74) is 0.417. The van der Waals surface area contributed by atoms with Crippen molar-refractivity contribution in [2.24, 2.45) is 0 Å². The van der Waals surface area contributed by atoms with E-state index in [1.54, 1.807) is 20.8 Å². The second-order valence-corrected chi connectivity index (χ2v) is 5.35. The maximum Gasteiger partial charge on any atom is 0.347 e. The zero-order valence-corrected chi connectivity index (χ0v) is 12.8. The number of aryl methyl sites for hydroxylation is 1. The molecule has 1 aromatic heterocycles. The lowest BCUT2D eigenvalue weighted by molar-refractivity contribution is -0.122. The van der Waals surface area contributed by atoms with Gasteiger partial charge in [-0.15, -0.1) is 11.3 Å². The summed E-state index contributed by atoms with van der Waals surface area (Å²) in [5.74, 6) is -1.31. The summed E-state index contributed by atoms with van der Waals surface area (Å²) in [7, 11) is 0. The SMILES string of the molecule is CCNC(=O)C(C)NC(=O)NCc1nc(C)c(C(=O)O)s1. The van der Waals surface area contributed by atoms with Gasteiger partial charge in [-0.25, -0.2) is 14.6 Å². The molecular weight excluding hydrogens is 296 g/mol. The molecule has 8 nitrogen and oxygen atoms in total. The molecule has 0 aromatic carbocycles. The maximum atomic E-state index is 11.6. The number of nitrogens with zero attached hydrogens (tertiary/aromatic N) is 1. The minimum atomic E-state index is -1.04. The zero-order chi connectivity index (χ0) is 16.0. The van der Waals surface area contributed by atoms with Crippen molar-refractivity contribution in [3.8, 4) is 0 Å². The number of rotatable bonds is 6. The smallest absolute Gasteiger partial charge is 0.347 e. The third-order valence-electron chi connectivity index (χ3n) is 2.53. The number of urea groups is 1. The topological polar surface area (TPSA) is 120 Å². The Morgan fingerprint density at radius 3 is 2.52 bits per heavy atom. The minimum Gasteiger partial charge on any atom is -0.477 e. The lowest BCUT2D eigenvalue weighted by Crippen LogP contribution is -2.48. The monoisotopic (exact) mass is 314 g/mol. The number of carbonyl (C=O) groups excluding carboxylic acids is 2. The summed E-state index contributed by atoms with van der Waals surface area (Å²) in [6.07, 6.45) is 0. The van der Waals surface area contributed by atoms with Gasteiger partial charge in [0.05, 0.1) is 12.2 Å². The Labute approximate surface area is 126 Å². The average molecular weight is 314 g/mol. The first kappa shape index (κ1) is 16.9. The Balaban J connectivity index is 2.48. The molecule has 0 fully saturated rings. The van der Waals surface area contributed by atoms with Crippen molar-refractivity contribution < 1.29 is 19.5 Å². The van der Waals surface area contributed by atoms with Gasteiger partial charge in [-0.2, -0.15) is 0 Å². The second kappa shape index (κ2) is 7.58. The van der Waals surface area contributed by atoms with Crippen molar-refractivity contribution >= 4 is 29.2 Å². The molecule has 0 saturated heterocycles. The standard InChI is InChI=1S/C12H18N4O4S/c1-4-13-10(17)7(3)16-12(20)14-5-8-15-6(2)9(21-8)11(18)19/h7H,4-5H2,1-3H3,(H,13,17)(H,18,19)(H2,14,16,20). The molecule has 0 saturated carbocycles. The van der Waals surface area contributed by atoms with Crippen molar-refractivity contribution in [2.45, 2.75) is 33.4 Å². The Bertz CT molecular complexity index is 543. The Hall–Kier alpha value is -2.16. The number of carboxylic acid groups (broad SMARTS) is 1. The van der Waals surface area contributed by atoms with E-state index in [1.807, 2.05) is 0 Å². The molecule has 0 aliphatic heterocycles. The van der Waals surface area contributed by atoms with Crippen LogP contribution in [0.15, 0.2) is 0 Å². The van der Waals surface area contributed by atoms with Gasteiger partial charge in [0.15, 0.2) is 0 Å². The summed E-state index contributed by atoms with van der Waals surface area (Å²) >= 11 is 1.01. The molecule has 0 aliphatic rings. The Morgan fingerprint density at radius 1 is 1.33 bits per heavy atom. The van der Waals surface area contributed by atoms with E-state index in [2.05, 4.69) is 20.9 Å². The van der Waals surface area contributed by atoms with Crippen LogP contribution in [-0.4, -0.2) is 40.6 Å². The van der Waals surface area contributed by atoms with E-state index in [4.69, 9.17) is 5.11 Å². The number of carbonyl (C=O) groups is 3. The maximum absolute atomic E-state index is 11.6. The van der Waals surface area contributed by atoms with Crippen LogP contribution < -0.4 is 16.0 Å². The predicted molar refractivity (Wildman–Crippen MR) is 77.3 cm³/mol.